The van der Waals surface area contributed by atoms with Gasteiger partial charge < -0.3 is 10.6 Å². The minimum Gasteiger partial charge on any atom is -0.345 e. The Bertz CT molecular complexity index is 706. The Kier molecular flexibility index (Phi) is 5.59. The van der Waals surface area contributed by atoms with Crippen LogP contribution in [0.1, 0.15) is 23.2 Å². The lowest BCUT2D eigenvalue weighted by molar-refractivity contribution is 0.0827. The van der Waals surface area contributed by atoms with Gasteiger partial charge in [0, 0.05) is 38.8 Å². The highest BCUT2D eigenvalue weighted by atomic mass is 35.5. The van der Waals surface area contributed by atoms with Gasteiger partial charge >= 0.3 is 0 Å². The summed E-state index contributed by atoms with van der Waals surface area (Å²) in [6, 6.07) is 6.27. The van der Waals surface area contributed by atoms with Crippen LogP contribution in [0.5, 0.6) is 0 Å². The fourth-order valence-corrected chi connectivity index (χ4v) is 5.17. The lowest BCUT2D eigenvalue weighted by Crippen LogP contribution is -2.33. The molecule has 1 aliphatic carbocycles. The first-order valence-electron chi connectivity index (χ1n) is 7.88. The van der Waals surface area contributed by atoms with Gasteiger partial charge in [0.1, 0.15) is 0 Å². The zero-order valence-corrected chi connectivity index (χ0v) is 15.5. The molecule has 134 valence electrons. The molecule has 0 spiro atoms. The number of hydrogen-bond donors (Lipinski definition) is 1. The average Bonchev–Trinajstić information content (AvgIpc) is 3.09. The van der Waals surface area contributed by atoms with Gasteiger partial charge in [0.25, 0.3) is 5.91 Å². The fourth-order valence-electron chi connectivity index (χ4n) is 3.64. The van der Waals surface area contributed by atoms with Gasteiger partial charge in [-0.05, 0) is 48.9 Å². The highest BCUT2D eigenvalue weighted by Crippen LogP contribution is 2.39. The summed E-state index contributed by atoms with van der Waals surface area (Å²) in [5.74, 6) is 0.518. The zero-order valence-electron chi connectivity index (χ0n) is 13.9. The molecule has 3 unspecified atom stereocenters. The summed E-state index contributed by atoms with van der Waals surface area (Å²) >= 11 is 0. The van der Waals surface area contributed by atoms with Gasteiger partial charge in [0.2, 0.25) is 10.0 Å². The number of nitrogens with zero attached hydrogens (tertiary/aromatic N) is 2. The smallest absolute Gasteiger partial charge is 0.253 e. The maximum Gasteiger partial charge on any atom is 0.253 e. The molecule has 1 aliphatic heterocycles. The number of sulfonamides is 1. The van der Waals surface area contributed by atoms with E-state index >= 15 is 0 Å². The van der Waals surface area contributed by atoms with Crippen molar-refractivity contribution in [2.75, 3.05) is 27.2 Å². The average molecular weight is 374 g/mol. The van der Waals surface area contributed by atoms with E-state index in [4.69, 9.17) is 5.73 Å². The molecule has 3 atom stereocenters. The van der Waals surface area contributed by atoms with E-state index in [0.717, 1.165) is 12.8 Å². The van der Waals surface area contributed by atoms with Gasteiger partial charge in [-0.25, -0.2) is 8.42 Å². The summed E-state index contributed by atoms with van der Waals surface area (Å²) in [6.45, 7) is 1.06. The first-order valence-corrected chi connectivity index (χ1v) is 9.32. The first-order chi connectivity index (χ1) is 10.8. The Morgan fingerprint density at radius 3 is 2.33 bits per heavy atom. The third-order valence-corrected chi connectivity index (χ3v) is 6.87. The zero-order chi connectivity index (χ0) is 16.8. The molecule has 0 radical (unpaired) electrons. The molecule has 3 rings (SSSR count). The Balaban J connectivity index is 0.00000208. The van der Waals surface area contributed by atoms with Crippen LogP contribution in [-0.2, 0) is 10.0 Å². The topological polar surface area (TPSA) is 83.7 Å². The molecule has 24 heavy (non-hydrogen) atoms. The van der Waals surface area contributed by atoms with E-state index < -0.39 is 10.0 Å². The number of rotatable bonds is 3. The molecule has 1 saturated heterocycles. The summed E-state index contributed by atoms with van der Waals surface area (Å²) in [6.07, 6.45) is 2.00. The molecular formula is C16H24ClN3O3S. The molecule has 0 bridgehead atoms. The van der Waals surface area contributed by atoms with E-state index in [2.05, 4.69) is 0 Å². The lowest BCUT2D eigenvalue weighted by Gasteiger charge is -2.19. The molecule has 1 heterocycles. The first kappa shape index (κ1) is 19.2. The SMILES string of the molecule is CN(C)C(=O)c1ccc(S(=O)(=O)N2CC3CCC(N)C3C2)cc1.Cl. The Labute approximate surface area is 149 Å². The molecule has 0 aromatic heterocycles. The third kappa shape index (κ3) is 3.31. The van der Waals surface area contributed by atoms with Crippen molar-refractivity contribution >= 4 is 28.3 Å². The van der Waals surface area contributed by atoms with Crippen molar-refractivity contribution in [1.82, 2.24) is 9.21 Å². The number of carbonyl (C=O) groups is 1. The molecule has 2 fully saturated rings. The predicted octanol–water partition coefficient (Wildman–Crippen LogP) is 1.17. The van der Waals surface area contributed by atoms with E-state index in [0.29, 0.717) is 24.6 Å². The van der Waals surface area contributed by atoms with Gasteiger partial charge in [-0.3, -0.25) is 4.79 Å². The second-order valence-electron chi connectivity index (χ2n) is 6.71. The van der Waals surface area contributed by atoms with Crippen molar-refractivity contribution in [3.8, 4) is 0 Å². The standard InChI is InChI=1S/C16H23N3O3S.ClH/c1-18(2)16(20)11-3-6-13(7-4-11)23(21,22)19-9-12-5-8-15(17)14(12)10-19;/h3-4,6-7,12,14-15H,5,8-10,17H2,1-2H3;1H. The highest BCUT2D eigenvalue weighted by molar-refractivity contribution is 7.89. The van der Waals surface area contributed by atoms with Crippen LogP contribution in [0.2, 0.25) is 0 Å². The van der Waals surface area contributed by atoms with Crippen LogP contribution in [0.25, 0.3) is 0 Å². The summed E-state index contributed by atoms with van der Waals surface area (Å²) in [5, 5.41) is 0. The van der Waals surface area contributed by atoms with Gasteiger partial charge in [-0.1, -0.05) is 0 Å². The van der Waals surface area contributed by atoms with Gasteiger partial charge in [0.15, 0.2) is 0 Å². The fraction of sp³-hybridized carbons (Fsp3) is 0.562. The highest BCUT2D eigenvalue weighted by Gasteiger charge is 2.45. The molecule has 1 aromatic rings. The Hall–Kier alpha value is -1.15. The monoisotopic (exact) mass is 373 g/mol. The van der Waals surface area contributed by atoms with Crippen LogP contribution in [-0.4, -0.2) is 56.8 Å². The van der Waals surface area contributed by atoms with Crippen molar-refractivity contribution in [2.24, 2.45) is 17.6 Å². The van der Waals surface area contributed by atoms with Crippen molar-refractivity contribution in [3.05, 3.63) is 29.8 Å². The van der Waals surface area contributed by atoms with E-state index in [1.165, 1.54) is 17.0 Å². The quantitative estimate of drug-likeness (QED) is 0.861. The number of amides is 1. The summed E-state index contributed by atoms with van der Waals surface area (Å²) in [7, 11) is -0.182. The molecule has 6 nitrogen and oxygen atoms in total. The number of carbonyl (C=O) groups excluding carboxylic acids is 1. The summed E-state index contributed by atoms with van der Waals surface area (Å²) in [5.41, 5.74) is 6.56. The number of fused-ring (bicyclic) bond motifs is 1. The van der Waals surface area contributed by atoms with Crippen LogP contribution in [0.15, 0.2) is 29.2 Å². The Morgan fingerprint density at radius 1 is 1.17 bits per heavy atom. The maximum absolute atomic E-state index is 12.8. The van der Waals surface area contributed by atoms with Gasteiger partial charge in [-0.2, -0.15) is 4.31 Å². The number of halogens is 1. The largest absolute Gasteiger partial charge is 0.345 e. The molecule has 1 aromatic carbocycles. The van der Waals surface area contributed by atoms with E-state index in [9.17, 15) is 13.2 Å². The molecule has 8 heteroatoms. The maximum atomic E-state index is 12.8. The number of hydrogen-bond acceptors (Lipinski definition) is 4. The molecule has 1 saturated carbocycles. The van der Waals surface area contributed by atoms with Crippen molar-refractivity contribution in [3.63, 3.8) is 0 Å². The molecule has 2 aliphatic rings. The van der Waals surface area contributed by atoms with Crippen LogP contribution < -0.4 is 5.73 Å². The third-order valence-electron chi connectivity index (χ3n) is 5.02. The normalized spacial score (nSPS) is 26.7. The Morgan fingerprint density at radius 2 is 1.79 bits per heavy atom. The number of nitrogens with two attached hydrogens (primary N) is 1. The van der Waals surface area contributed by atoms with Crippen LogP contribution in [0, 0.1) is 11.8 Å². The second kappa shape index (κ2) is 7.00. The minimum absolute atomic E-state index is 0. The molecule has 2 N–H and O–H groups in total. The number of benzene rings is 1. The van der Waals surface area contributed by atoms with Crippen molar-refractivity contribution in [1.29, 1.82) is 0 Å². The van der Waals surface area contributed by atoms with Gasteiger partial charge in [-0.15, -0.1) is 12.4 Å². The molecular weight excluding hydrogens is 350 g/mol. The second-order valence-corrected chi connectivity index (χ2v) is 8.65. The van der Waals surface area contributed by atoms with Crippen molar-refractivity contribution < 1.29 is 13.2 Å². The van der Waals surface area contributed by atoms with E-state index in [1.807, 2.05) is 0 Å². The van der Waals surface area contributed by atoms with E-state index in [-0.39, 0.29) is 35.2 Å². The predicted molar refractivity (Wildman–Crippen MR) is 94.7 cm³/mol. The van der Waals surface area contributed by atoms with Crippen LogP contribution >= 0.6 is 12.4 Å². The summed E-state index contributed by atoms with van der Waals surface area (Å²) in [4.78, 5) is 13.6. The lowest BCUT2D eigenvalue weighted by atomic mass is 9.98. The van der Waals surface area contributed by atoms with Crippen LogP contribution in [0.3, 0.4) is 0 Å². The molecule has 1 amide bonds. The van der Waals surface area contributed by atoms with Crippen LogP contribution in [0.4, 0.5) is 0 Å². The van der Waals surface area contributed by atoms with Crippen molar-refractivity contribution in [2.45, 2.75) is 23.8 Å². The summed E-state index contributed by atoms with van der Waals surface area (Å²) < 4.78 is 27.1. The van der Waals surface area contributed by atoms with E-state index in [1.54, 1.807) is 30.5 Å². The van der Waals surface area contributed by atoms with Gasteiger partial charge in [0.05, 0.1) is 4.90 Å². The minimum atomic E-state index is -3.51.